The number of carbonyl (C=O) groups excluding carboxylic acids is 1. The molecule has 0 aliphatic rings. The van der Waals surface area contributed by atoms with Gasteiger partial charge >= 0.3 is 0 Å². The third-order valence-electron chi connectivity index (χ3n) is 3.16. The van der Waals surface area contributed by atoms with E-state index in [2.05, 4.69) is 29.8 Å². The fourth-order valence-electron chi connectivity index (χ4n) is 2.02. The first-order valence-corrected chi connectivity index (χ1v) is 7.55. The van der Waals surface area contributed by atoms with Crippen LogP contribution < -0.4 is 5.32 Å². The van der Waals surface area contributed by atoms with Crippen LogP contribution in [0.3, 0.4) is 0 Å². The lowest BCUT2D eigenvalue weighted by molar-refractivity contribution is 0.0988. The summed E-state index contributed by atoms with van der Waals surface area (Å²) in [7, 11) is 0. The first-order valence-electron chi connectivity index (χ1n) is 6.67. The fourth-order valence-corrected chi connectivity index (χ4v) is 2.88. The van der Waals surface area contributed by atoms with Gasteiger partial charge < -0.3 is 5.32 Å². The zero-order chi connectivity index (χ0) is 13.7. The Labute approximate surface area is 118 Å². The van der Waals surface area contributed by atoms with E-state index in [0.717, 1.165) is 17.7 Å². The number of anilines is 1. The monoisotopic (exact) mass is 273 g/mol. The maximum absolute atomic E-state index is 11.6. The van der Waals surface area contributed by atoms with Crippen molar-refractivity contribution in [1.82, 2.24) is 0 Å². The second kappa shape index (κ2) is 6.53. The van der Waals surface area contributed by atoms with E-state index in [-0.39, 0.29) is 5.78 Å². The summed E-state index contributed by atoms with van der Waals surface area (Å²) in [4.78, 5) is 12.9. The van der Waals surface area contributed by atoms with E-state index in [0.29, 0.717) is 12.5 Å². The fraction of sp³-hybridized carbons (Fsp3) is 0.312. The molecule has 100 valence electrons. The lowest BCUT2D eigenvalue weighted by atomic mass is 10.1. The summed E-state index contributed by atoms with van der Waals surface area (Å²) in [5.74, 6) is 0.192. The Bertz CT molecular complexity index is 516. The van der Waals surface area contributed by atoms with E-state index < -0.39 is 0 Å². The average molecular weight is 273 g/mol. The number of hydrogen-bond acceptors (Lipinski definition) is 3. The summed E-state index contributed by atoms with van der Waals surface area (Å²) in [5, 5.41) is 5.61. The van der Waals surface area contributed by atoms with Crippen LogP contribution in [0.1, 0.15) is 48.0 Å². The van der Waals surface area contributed by atoms with Gasteiger partial charge in [0.1, 0.15) is 0 Å². The first-order chi connectivity index (χ1) is 9.24. The first kappa shape index (κ1) is 13.8. The third-order valence-corrected chi connectivity index (χ3v) is 4.15. The van der Waals surface area contributed by atoms with Gasteiger partial charge in [-0.3, -0.25) is 4.79 Å². The highest BCUT2D eigenvalue weighted by atomic mass is 32.1. The summed E-state index contributed by atoms with van der Waals surface area (Å²) >= 11 is 1.77. The standard InChI is InChI=1S/C16H19NOS/c1-3-14(16-6-5-11-19-16)17-13-9-7-12(8-10-13)15(18)4-2/h5-11,14,17H,3-4H2,1-2H3. The molecule has 0 bridgehead atoms. The van der Waals surface area contributed by atoms with Gasteiger partial charge in [0.25, 0.3) is 0 Å². The van der Waals surface area contributed by atoms with Crippen LogP contribution in [0.4, 0.5) is 5.69 Å². The molecule has 1 aromatic heterocycles. The highest BCUT2D eigenvalue weighted by Gasteiger charge is 2.10. The Morgan fingerprint density at radius 1 is 1.21 bits per heavy atom. The number of benzene rings is 1. The molecule has 0 fully saturated rings. The molecule has 1 heterocycles. The van der Waals surface area contributed by atoms with Crippen molar-refractivity contribution < 1.29 is 4.79 Å². The van der Waals surface area contributed by atoms with Gasteiger partial charge in [-0.1, -0.05) is 19.9 Å². The number of carbonyl (C=O) groups is 1. The number of nitrogens with one attached hydrogen (secondary N) is 1. The van der Waals surface area contributed by atoms with Gasteiger partial charge in [-0.2, -0.15) is 0 Å². The molecule has 1 unspecified atom stereocenters. The van der Waals surface area contributed by atoms with Crippen molar-refractivity contribution in [2.75, 3.05) is 5.32 Å². The van der Waals surface area contributed by atoms with Crippen molar-refractivity contribution in [3.05, 3.63) is 52.2 Å². The van der Waals surface area contributed by atoms with E-state index in [4.69, 9.17) is 0 Å². The quantitative estimate of drug-likeness (QED) is 0.758. The molecule has 1 atom stereocenters. The predicted octanol–water partition coefficient (Wildman–Crippen LogP) is 4.90. The lowest BCUT2D eigenvalue weighted by Gasteiger charge is -2.17. The molecule has 0 spiro atoms. The second-order valence-corrected chi connectivity index (χ2v) is 5.45. The van der Waals surface area contributed by atoms with Crippen LogP contribution in [0.5, 0.6) is 0 Å². The molecule has 0 saturated carbocycles. The van der Waals surface area contributed by atoms with Crippen molar-refractivity contribution in [2.45, 2.75) is 32.7 Å². The molecule has 2 aromatic rings. The van der Waals surface area contributed by atoms with Crippen molar-refractivity contribution in [3.63, 3.8) is 0 Å². The summed E-state index contributed by atoms with van der Waals surface area (Å²) in [5.41, 5.74) is 1.85. The molecule has 0 amide bonds. The van der Waals surface area contributed by atoms with E-state index in [1.165, 1.54) is 4.88 Å². The molecule has 0 saturated heterocycles. The van der Waals surface area contributed by atoms with Gasteiger partial charge in [-0.05, 0) is 42.1 Å². The van der Waals surface area contributed by atoms with Gasteiger partial charge in [0.05, 0.1) is 6.04 Å². The van der Waals surface area contributed by atoms with E-state index >= 15 is 0 Å². The third kappa shape index (κ3) is 3.44. The van der Waals surface area contributed by atoms with Gasteiger partial charge in [0.15, 0.2) is 5.78 Å². The largest absolute Gasteiger partial charge is 0.377 e. The van der Waals surface area contributed by atoms with Crippen LogP contribution in [-0.2, 0) is 0 Å². The van der Waals surface area contributed by atoms with Crippen molar-refractivity contribution in [3.8, 4) is 0 Å². The SMILES string of the molecule is CCC(=O)c1ccc(NC(CC)c2cccs2)cc1. The highest BCUT2D eigenvalue weighted by molar-refractivity contribution is 7.10. The van der Waals surface area contributed by atoms with Crippen molar-refractivity contribution in [1.29, 1.82) is 0 Å². The summed E-state index contributed by atoms with van der Waals surface area (Å²) in [6, 6.07) is 12.3. The van der Waals surface area contributed by atoms with E-state index in [1.807, 2.05) is 31.2 Å². The average Bonchev–Trinajstić information content (AvgIpc) is 2.98. The molecule has 1 N–H and O–H groups in total. The normalized spacial score (nSPS) is 12.1. The van der Waals surface area contributed by atoms with Gasteiger partial charge in [0, 0.05) is 22.5 Å². The zero-order valence-electron chi connectivity index (χ0n) is 11.3. The minimum atomic E-state index is 0.192. The Morgan fingerprint density at radius 3 is 2.47 bits per heavy atom. The molecule has 2 nitrogen and oxygen atoms in total. The molecule has 1 aromatic carbocycles. The number of Topliss-reactive ketones (excluding diaryl/α,β-unsaturated/α-hetero) is 1. The van der Waals surface area contributed by atoms with Gasteiger partial charge in [-0.25, -0.2) is 0 Å². The Kier molecular flexibility index (Phi) is 4.74. The van der Waals surface area contributed by atoms with Crippen LogP contribution in [0, 0.1) is 0 Å². The van der Waals surface area contributed by atoms with Gasteiger partial charge in [0.2, 0.25) is 0 Å². The summed E-state index contributed by atoms with van der Waals surface area (Å²) in [6.45, 7) is 4.06. The molecule has 0 aliphatic carbocycles. The van der Waals surface area contributed by atoms with E-state index in [1.54, 1.807) is 11.3 Å². The second-order valence-electron chi connectivity index (χ2n) is 4.47. The maximum Gasteiger partial charge on any atom is 0.162 e. The Balaban J connectivity index is 2.08. The van der Waals surface area contributed by atoms with Crippen molar-refractivity contribution >= 4 is 22.8 Å². The molecular weight excluding hydrogens is 254 g/mol. The van der Waals surface area contributed by atoms with Crippen LogP contribution in [0.2, 0.25) is 0 Å². The molecule has 19 heavy (non-hydrogen) atoms. The van der Waals surface area contributed by atoms with Crippen molar-refractivity contribution in [2.24, 2.45) is 0 Å². The van der Waals surface area contributed by atoms with Crippen LogP contribution >= 0.6 is 11.3 Å². The van der Waals surface area contributed by atoms with E-state index in [9.17, 15) is 4.79 Å². The molecule has 2 rings (SSSR count). The molecule has 0 aliphatic heterocycles. The van der Waals surface area contributed by atoms with Gasteiger partial charge in [-0.15, -0.1) is 11.3 Å². The number of rotatable bonds is 6. The minimum absolute atomic E-state index is 0.192. The van der Waals surface area contributed by atoms with Crippen LogP contribution in [0.25, 0.3) is 0 Å². The number of ketones is 1. The summed E-state index contributed by atoms with van der Waals surface area (Å²) in [6.07, 6.45) is 1.59. The number of thiophene rings is 1. The smallest absolute Gasteiger partial charge is 0.162 e. The molecule has 0 radical (unpaired) electrons. The Morgan fingerprint density at radius 2 is 1.95 bits per heavy atom. The lowest BCUT2D eigenvalue weighted by Crippen LogP contribution is -2.08. The maximum atomic E-state index is 11.6. The molecular formula is C16H19NOS. The van der Waals surface area contributed by atoms with Crippen LogP contribution in [0.15, 0.2) is 41.8 Å². The minimum Gasteiger partial charge on any atom is -0.377 e. The highest BCUT2D eigenvalue weighted by Crippen LogP contribution is 2.26. The predicted molar refractivity (Wildman–Crippen MR) is 82.0 cm³/mol. The van der Waals surface area contributed by atoms with Crippen LogP contribution in [-0.4, -0.2) is 5.78 Å². The number of hydrogen-bond donors (Lipinski definition) is 1. The molecule has 3 heteroatoms. The Hall–Kier alpha value is -1.61. The zero-order valence-corrected chi connectivity index (χ0v) is 12.2. The topological polar surface area (TPSA) is 29.1 Å². The summed E-state index contributed by atoms with van der Waals surface area (Å²) < 4.78 is 0.